The minimum absolute atomic E-state index is 0.189. The fourth-order valence-corrected chi connectivity index (χ4v) is 2.49. The Kier molecular flexibility index (Phi) is 8.24. The minimum Gasteiger partial charge on any atom is -0.355 e. The summed E-state index contributed by atoms with van der Waals surface area (Å²) in [5.74, 6) is 1.25. The Morgan fingerprint density at radius 3 is 2.09 bits per heavy atom. The molecule has 128 valence electrons. The van der Waals surface area contributed by atoms with Crippen LogP contribution in [0.25, 0.3) is 0 Å². The number of carbonyl (C=O) groups excluding carboxylic acids is 1. The highest BCUT2D eigenvalue weighted by Gasteiger charge is 2.28. The van der Waals surface area contributed by atoms with Crippen molar-refractivity contribution in [2.45, 2.75) is 52.6 Å². The third kappa shape index (κ3) is 7.11. The average molecular weight is 311 g/mol. The number of aliphatic imine (C=N–C) groups is 1. The van der Waals surface area contributed by atoms with E-state index in [-0.39, 0.29) is 11.8 Å². The van der Waals surface area contributed by atoms with Gasteiger partial charge in [0, 0.05) is 51.2 Å². The van der Waals surface area contributed by atoms with Crippen LogP contribution in [0.5, 0.6) is 0 Å². The molecule has 1 fully saturated rings. The number of amides is 1. The van der Waals surface area contributed by atoms with Crippen LogP contribution in [0, 0.1) is 5.92 Å². The average Bonchev–Trinajstić information content (AvgIpc) is 3.29. The fraction of sp³-hybridized carbons (Fsp3) is 0.875. The van der Waals surface area contributed by atoms with Gasteiger partial charge in [-0.05, 0) is 40.5 Å². The van der Waals surface area contributed by atoms with E-state index in [1.54, 1.807) is 7.05 Å². The quantitative estimate of drug-likeness (QED) is 0.335. The molecule has 0 aliphatic heterocycles. The fourth-order valence-electron chi connectivity index (χ4n) is 2.49. The number of guanidine groups is 1. The first-order valence-electron chi connectivity index (χ1n) is 8.43. The van der Waals surface area contributed by atoms with Crippen LogP contribution < -0.4 is 16.0 Å². The van der Waals surface area contributed by atoms with Crippen molar-refractivity contribution in [3.8, 4) is 0 Å². The second-order valence-corrected chi connectivity index (χ2v) is 6.42. The van der Waals surface area contributed by atoms with Gasteiger partial charge in [-0.2, -0.15) is 0 Å². The molecule has 0 bridgehead atoms. The van der Waals surface area contributed by atoms with Gasteiger partial charge in [-0.15, -0.1) is 0 Å². The first-order valence-corrected chi connectivity index (χ1v) is 8.43. The number of hydrogen-bond donors (Lipinski definition) is 3. The lowest BCUT2D eigenvalue weighted by Crippen LogP contribution is -2.46. The molecule has 0 aromatic heterocycles. The largest absolute Gasteiger partial charge is 0.355 e. The third-order valence-electron chi connectivity index (χ3n) is 3.88. The van der Waals surface area contributed by atoms with Crippen molar-refractivity contribution in [1.29, 1.82) is 0 Å². The standard InChI is InChI=1S/C16H33N5O/c1-12(2)21(13(3)4)11-10-20-16(17-5)19-9-8-18-15(22)14-6-7-14/h12-14H,6-11H2,1-5H3,(H,18,22)(H2,17,19,20). The number of carbonyl (C=O) groups is 1. The minimum atomic E-state index is 0.189. The Balaban J connectivity index is 2.14. The van der Waals surface area contributed by atoms with Gasteiger partial charge in [0.25, 0.3) is 0 Å². The van der Waals surface area contributed by atoms with Crippen LogP contribution in [0.1, 0.15) is 40.5 Å². The van der Waals surface area contributed by atoms with Gasteiger partial charge < -0.3 is 16.0 Å². The molecule has 6 heteroatoms. The van der Waals surface area contributed by atoms with Crippen LogP contribution in [0.15, 0.2) is 4.99 Å². The molecule has 1 aliphatic carbocycles. The van der Waals surface area contributed by atoms with E-state index in [2.05, 4.69) is 53.5 Å². The summed E-state index contributed by atoms with van der Waals surface area (Å²) in [4.78, 5) is 18.1. The van der Waals surface area contributed by atoms with Crippen molar-refractivity contribution in [3.05, 3.63) is 0 Å². The molecule has 0 aromatic carbocycles. The topological polar surface area (TPSA) is 68.8 Å². The lowest BCUT2D eigenvalue weighted by molar-refractivity contribution is -0.122. The van der Waals surface area contributed by atoms with Crippen molar-refractivity contribution in [2.75, 3.05) is 33.2 Å². The summed E-state index contributed by atoms with van der Waals surface area (Å²) in [6, 6.07) is 1.07. The van der Waals surface area contributed by atoms with Crippen LogP contribution in [-0.2, 0) is 4.79 Å². The summed E-state index contributed by atoms with van der Waals surface area (Å²) in [7, 11) is 1.76. The van der Waals surface area contributed by atoms with E-state index < -0.39 is 0 Å². The van der Waals surface area contributed by atoms with Gasteiger partial charge in [-0.3, -0.25) is 14.7 Å². The van der Waals surface area contributed by atoms with Crippen LogP contribution in [0.2, 0.25) is 0 Å². The van der Waals surface area contributed by atoms with E-state index in [4.69, 9.17) is 0 Å². The van der Waals surface area contributed by atoms with Crippen molar-refractivity contribution in [1.82, 2.24) is 20.9 Å². The Labute approximate surface area is 135 Å². The SMILES string of the molecule is CN=C(NCCNC(=O)C1CC1)NCCN(C(C)C)C(C)C. The lowest BCUT2D eigenvalue weighted by atomic mass is 10.2. The van der Waals surface area contributed by atoms with E-state index in [0.717, 1.165) is 31.9 Å². The molecule has 1 saturated carbocycles. The van der Waals surface area contributed by atoms with Crippen LogP contribution in [0.3, 0.4) is 0 Å². The Morgan fingerprint density at radius 1 is 1.05 bits per heavy atom. The molecular formula is C16H33N5O. The van der Waals surface area contributed by atoms with E-state index in [0.29, 0.717) is 25.2 Å². The highest BCUT2D eigenvalue weighted by Crippen LogP contribution is 2.28. The summed E-state index contributed by atoms with van der Waals surface area (Å²) in [6.45, 7) is 12.0. The molecule has 0 heterocycles. The third-order valence-corrected chi connectivity index (χ3v) is 3.88. The summed E-state index contributed by atoms with van der Waals surface area (Å²) in [6.07, 6.45) is 2.09. The second-order valence-electron chi connectivity index (χ2n) is 6.42. The normalized spacial score (nSPS) is 15.5. The molecule has 0 radical (unpaired) electrons. The molecule has 0 atom stereocenters. The molecular weight excluding hydrogens is 278 g/mol. The monoisotopic (exact) mass is 311 g/mol. The predicted molar refractivity (Wildman–Crippen MR) is 92.1 cm³/mol. The van der Waals surface area contributed by atoms with Crippen molar-refractivity contribution >= 4 is 11.9 Å². The maximum Gasteiger partial charge on any atom is 0.223 e. The zero-order chi connectivity index (χ0) is 16.5. The molecule has 1 aliphatic rings. The first kappa shape index (κ1) is 18.7. The Morgan fingerprint density at radius 2 is 1.59 bits per heavy atom. The Bertz CT molecular complexity index is 356. The molecule has 3 N–H and O–H groups in total. The number of nitrogens with one attached hydrogen (secondary N) is 3. The maximum atomic E-state index is 11.5. The van der Waals surface area contributed by atoms with E-state index in [1.165, 1.54) is 0 Å². The van der Waals surface area contributed by atoms with Gasteiger partial charge in [0.15, 0.2) is 5.96 Å². The van der Waals surface area contributed by atoms with Crippen molar-refractivity contribution in [3.63, 3.8) is 0 Å². The van der Waals surface area contributed by atoms with E-state index in [1.807, 2.05) is 0 Å². The maximum absolute atomic E-state index is 11.5. The van der Waals surface area contributed by atoms with Gasteiger partial charge >= 0.3 is 0 Å². The highest BCUT2D eigenvalue weighted by molar-refractivity contribution is 5.81. The van der Waals surface area contributed by atoms with Gasteiger partial charge in [0.1, 0.15) is 0 Å². The summed E-state index contributed by atoms with van der Waals surface area (Å²) in [5.41, 5.74) is 0. The summed E-state index contributed by atoms with van der Waals surface area (Å²) < 4.78 is 0. The molecule has 0 aromatic rings. The Hall–Kier alpha value is -1.30. The molecule has 0 spiro atoms. The van der Waals surface area contributed by atoms with Crippen LogP contribution in [-0.4, -0.2) is 62.1 Å². The second kappa shape index (κ2) is 9.66. The summed E-state index contributed by atoms with van der Waals surface area (Å²) >= 11 is 0. The van der Waals surface area contributed by atoms with Crippen LogP contribution in [0.4, 0.5) is 0 Å². The number of hydrogen-bond acceptors (Lipinski definition) is 3. The van der Waals surface area contributed by atoms with Gasteiger partial charge in [0.05, 0.1) is 0 Å². The molecule has 1 rings (SSSR count). The van der Waals surface area contributed by atoms with E-state index >= 15 is 0 Å². The first-order chi connectivity index (χ1) is 10.5. The molecule has 6 nitrogen and oxygen atoms in total. The number of rotatable bonds is 9. The smallest absolute Gasteiger partial charge is 0.223 e. The van der Waals surface area contributed by atoms with Gasteiger partial charge in [-0.1, -0.05) is 0 Å². The van der Waals surface area contributed by atoms with Crippen molar-refractivity contribution < 1.29 is 4.79 Å². The van der Waals surface area contributed by atoms with Gasteiger partial charge in [-0.25, -0.2) is 0 Å². The molecule has 0 saturated heterocycles. The highest BCUT2D eigenvalue weighted by atomic mass is 16.2. The molecule has 1 amide bonds. The zero-order valence-electron chi connectivity index (χ0n) is 14.8. The molecule has 22 heavy (non-hydrogen) atoms. The van der Waals surface area contributed by atoms with Crippen LogP contribution >= 0.6 is 0 Å². The van der Waals surface area contributed by atoms with E-state index in [9.17, 15) is 4.79 Å². The zero-order valence-corrected chi connectivity index (χ0v) is 14.8. The predicted octanol–water partition coefficient (Wildman–Crippen LogP) is 0.796. The summed E-state index contributed by atoms with van der Waals surface area (Å²) in [5, 5.41) is 9.48. The lowest BCUT2D eigenvalue weighted by Gasteiger charge is -2.30. The number of nitrogens with zero attached hydrogens (tertiary/aromatic N) is 2. The molecule has 0 unspecified atom stereocenters. The van der Waals surface area contributed by atoms with Crippen molar-refractivity contribution in [2.24, 2.45) is 10.9 Å². The van der Waals surface area contributed by atoms with Gasteiger partial charge in [0.2, 0.25) is 5.91 Å².